The van der Waals surface area contributed by atoms with Gasteiger partial charge in [-0.1, -0.05) is 25.0 Å². The van der Waals surface area contributed by atoms with Gasteiger partial charge in [0.1, 0.15) is 11.5 Å². The Morgan fingerprint density at radius 3 is 2.85 bits per heavy atom. The molecule has 8 heteroatoms. The van der Waals surface area contributed by atoms with Crippen molar-refractivity contribution in [1.29, 1.82) is 0 Å². The Bertz CT molecular complexity index is 957. The first-order valence-corrected chi connectivity index (χ1v) is 9.53. The lowest BCUT2D eigenvalue weighted by molar-refractivity contribution is -0.384. The molecule has 0 radical (unpaired) electrons. The highest BCUT2D eigenvalue weighted by atomic mass is 32.2. The van der Waals surface area contributed by atoms with Crippen molar-refractivity contribution >= 4 is 34.6 Å². The zero-order chi connectivity index (χ0) is 18.8. The number of amides is 1. The molecule has 2 heterocycles. The third-order valence-corrected chi connectivity index (χ3v) is 5.44. The number of furan rings is 1. The Hall–Kier alpha value is -2.87. The maximum absolute atomic E-state index is 12.2. The van der Waals surface area contributed by atoms with Crippen LogP contribution in [-0.2, 0) is 4.79 Å². The summed E-state index contributed by atoms with van der Waals surface area (Å²) in [5.74, 6) is 0.829. The number of nitrogens with one attached hydrogen (secondary N) is 1. The van der Waals surface area contributed by atoms with Gasteiger partial charge in [-0.3, -0.25) is 19.9 Å². The fraction of sp³-hybridized carbons (Fsp3) is 0.263. The minimum atomic E-state index is -0.444. The smallest absolute Gasteiger partial charge is 0.270 e. The first-order valence-electron chi connectivity index (χ1n) is 8.72. The number of rotatable bonds is 4. The van der Waals surface area contributed by atoms with Crippen LogP contribution in [0.25, 0.3) is 17.4 Å². The Morgan fingerprint density at radius 2 is 2.07 bits per heavy atom. The third-order valence-electron chi connectivity index (χ3n) is 4.52. The van der Waals surface area contributed by atoms with Crippen molar-refractivity contribution in [2.75, 3.05) is 0 Å². The van der Waals surface area contributed by atoms with Gasteiger partial charge < -0.3 is 9.73 Å². The van der Waals surface area contributed by atoms with E-state index in [1.54, 1.807) is 30.3 Å². The van der Waals surface area contributed by atoms with Crippen LogP contribution in [0.2, 0.25) is 0 Å². The van der Waals surface area contributed by atoms with Crippen molar-refractivity contribution in [2.24, 2.45) is 4.99 Å². The lowest BCUT2D eigenvalue weighted by Crippen LogP contribution is -2.21. The zero-order valence-corrected chi connectivity index (χ0v) is 15.2. The first-order chi connectivity index (χ1) is 13.1. The average molecular weight is 383 g/mol. The summed E-state index contributed by atoms with van der Waals surface area (Å²) in [6, 6.07) is 10.0. The maximum Gasteiger partial charge on any atom is 0.270 e. The van der Waals surface area contributed by atoms with Crippen LogP contribution < -0.4 is 5.32 Å². The third kappa shape index (κ3) is 3.95. The van der Waals surface area contributed by atoms with Crippen LogP contribution in [0.15, 0.2) is 50.7 Å². The topological polar surface area (TPSA) is 97.7 Å². The van der Waals surface area contributed by atoms with Crippen molar-refractivity contribution in [3.8, 4) is 11.3 Å². The van der Waals surface area contributed by atoms with Crippen molar-refractivity contribution in [1.82, 2.24) is 5.32 Å². The molecule has 1 amide bonds. The summed E-state index contributed by atoms with van der Waals surface area (Å²) in [5, 5.41) is 14.4. The maximum atomic E-state index is 12.2. The van der Waals surface area contributed by atoms with Gasteiger partial charge in [-0.05, 0) is 36.7 Å². The molecule has 1 N–H and O–H groups in total. The van der Waals surface area contributed by atoms with Gasteiger partial charge in [0.15, 0.2) is 5.17 Å². The number of amidine groups is 1. The number of thioether (sulfide) groups is 1. The minimum Gasteiger partial charge on any atom is -0.457 e. The van der Waals surface area contributed by atoms with Gasteiger partial charge >= 0.3 is 0 Å². The fourth-order valence-corrected chi connectivity index (χ4v) is 4.05. The van der Waals surface area contributed by atoms with Crippen LogP contribution >= 0.6 is 11.8 Å². The summed E-state index contributed by atoms with van der Waals surface area (Å²) >= 11 is 1.31. The predicted molar refractivity (Wildman–Crippen MR) is 104 cm³/mol. The molecule has 2 fully saturated rings. The lowest BCUT2D eigenvalue weighted by Gasteiger charge is -2.02. The lowest BCUT2D eigenvalue weighted by atomic mass is 10.1. The van der Waals surface area contributed by atoms with Crippen molar-refractivity contribution in [3.05, 3.63) is 57.2 Å². The van der Waals surface area contributed by atoms with Gasteiger partial charge in [0, 0.05) is 23.8 Å². The number of hydrogen-bond donors (Lipinski definition) is 1. The van der Waals surface area contributed by atoms with E-state index in [1.807, 2.05) is 0 Å². The molecule has 1 aliphatic carbocycles. The summed E-state index contributed by atoms with van der Waals surface area (Å²) < 4.78 is 5.75. The molecule has 1 saturated carbocycles. The number of nitro benzene ring substituents is 1. The number of hydrogen-bond acceptors (Lipinski definition) is 6. The minimum absolute atomic E-state index is 0.00213. The number of carbonyl (C=O) groups is 1. The van der Waals surface area contributed by atoms with E-state index in [-0.39, 0.29) is 11.6 Å². The summed E-state index contributed by atoms with van der Waals surface area (Å²) in [6.45, 7) is 0. The van der Waals surface area contributed by atoms with Gasteiger partial charge in [0.25, 0.3) is 11.6 Å². The summed E-state index contributed by atoms with van der Waals surface area (Å²) in [6.07, 6.45) is 6.19. The fourth-order valence-electron chi connectivity index (χ4n) is 3.18. The average Bonchev–Trinajstić information content (AvgIpc) is 3.39. The quantitative estimate of drug-likeness (QED) is 0.481. The molecule has 0 bridgehead atoms. The zero-order valence-electron chi connectivity index (χ0n) is 14.4. The highest BCUT2D eigenvalue weighted by Crippen LogP contribution is 2.31. The van der Waals surface area contributed by atoms with Crippen molar-refractivity contribution in [2.45, 2.75) is 31.7 Å². The van der Waals surface area contributed by atoms with Crippen LogP contribution in [0.1, 0.15) is 31.4 Å². The SMILES string of the molecule is O=C1NC(=NC2CCCC2)S/C1=C\c1ccc(-c2cccc([N+](=O)[O-])c2)o1. The molecule has 1 saturated heterocycles. The predicted octanol–water partition coefficient (Wildman–Crippen LogP) is 4.36. The number of nitro groups is 1. The molecular formula is C19H17N3O4S. The van der Waals surface area contributed by atoms with Gasteiger partial charge in [0.05, 0.1) is 15.9 Å². The monoisotopic (exact) mass is 383 g/mol. The molecule has 1 aliphatic heterocycles. The molecule has 138 valence electrons. The second kappa shape index (κ2) is 7.40. The summed E-state index contributed by atoms with van der Waals surface area (Å²) in [5.41, 5.74) is 0.614. The number of nitrogens with zero attached hydrogens (tertiary/aromatic N) is 2. The van der Waals surface area contributed by atoms with E-state index >= 15 is 0 Å². The second-order valence-electron chi connectivity index (χ2n) is 6.45. The normalized spacial score (nSPS) is 20.5. The highest BCUT2D eigenvalue weighted by molar-refractivity contribution is 8.18. The molecule has 2 aliphatic rings. The molecule has 4 rings (SSSR count). The summed E-state index contributed by atoms with van der Waals surface area (Å²) in [4.78, 5) is 27.8. The van der Waals surface area contributed by atoms with Crippen LogP contribution in [0.5, 0.6) is 0 Å². The van der Waals surface area contributed by atoms with Gasteiger partial charge in [0.2, 0.25) is 0 Å². The molecule has 0 unspecified atom stereocenters. The Balaban J connectivity index is 1.52. The number of non-ortho nitro benzene ring substituents is 1. The molecule has 0 atom stereocenters. The Morgan fingerprint density at radius 1 is 1.26 bits per heavy atom. The largest absolute Gasteiger partial charge is 0.457 e. The number of carbonyl (C=O) groups excluding carboxylic acids is 1. The van der Waals surface area contributed by atoms with E-state index < -0.39 is 4.92 Å². The van der Waals surface area contributed by atoms with E-state index in [0.29, 0.717) is 33.2 Å². The van der Waals surface area contributed by atoms with Crippen LogP contribution in [0, 0.1) is 10.1 Å². The van der Waals surface area contributed by atoms with Crippen LogP contribution in [-0.4, -0.2) is 22.0 Å². The molecule has 1 aromatic heterocycles. The van der Waals surface area contributed by atoms with Gasteiger partial charge in [-0.25, -0.2) is 0 Å². The Kier molecular flexibility index (Phi) is 4.81. The van der Waals surface area contributed by atoms with E-state index in [9.17, 15) is 14.9 Å². The van der Waals surface area contributed by atoms with E-state index in [1.165, 1.54) is 36.7 Å². The Labute approximate surface area is 159 Å². The first kappa shape index (κ1) is 17.5. The number of aliphatic imine (C=N–C) groups is 1. The second-order valence-corrected chi connectivity index (χ2v) is 7.48. The van der Waals surface area contributed by atoms with E-state index in [4.69, 9.17) is 4.42 Å². The van der Waals surface area contributed by atoms with Crippen LogP contribution in [0.3, 0.4) is 0 Å². The van der Waals surface area contributed by atoms with E-state index in [2.05, 4.69) is 10.3 Å². The number of benzene rings is 1. The van der Waals surface area contributed by atoms with Crippen molar-refractivity contribution < 1.29 is 14.1 Å². The van der Waals surface area contributed by atoms with Crippen molar-refractivity contribution in [3.63, 3.8) is 0 Å². The van der Waals surface area contributed by atoms with Gasteiger partial charge in [-0.2, -0.15) is 0 Å². The summed E-state index contributed by atoms with van der Waals surface area (Å²) in [7, 11) is 0. The standard InChI is InChI=1S/C19H17N3O4S/c23-18-17(27-19(21-18)20-13-5-1-2-6-13)11-15-8-9-16(26-15)12-4-3-7-14(10-12)22(24)25/h3-4,7-11,13H,1-2,5-6H2,(H,20,21,23)/b17-11-. The van der Waals surface area contributed by atoms with Gasteiger partial charge in [-0.15, -0.1) is 0 Å². The molecule has 27 heavy (non-hydrogen) atoms. The molecule has 1 aromatic carbocycles. The molecule has 7 nitrogen and oxygen atoms in total. The molecule has 2 aromatic rings. The molecular weight excluding hydrogens is 366 g/mol. The highest BCUT2D eigenvalue weighted by Gasteiger charge is 2.26. The van der Waals surface area contributed by atoms with Crippen LogP contribution in [0.4, 0.5) is 5.69 Å². The van der Waals surface area contributed by atoms with E-state index in [0.717, 1.165) is 12.8 Å². The molecule has 0 spiro atoms.